The Bertz CT molecular complexity index is 362. The lowest BCUT2D eigenvalue weighted by atomic mass is 10.2. The van der Waals surface area contributed by atoms with Gasteiger partial charge >= 0.3 is 0 Å². The molecule has 0 saturated carbocycles. The number of hydrogen-bond acceptors (Lipinski definition) is 4. The molecule has 0 aromatic carbocycles. The van der Waals surface area contributed by atoms with E-state index < -0.39 is 0 Å². The van der Waals surface area contributed by atoms with Crippen molar-refractivity contribution < 1.29 is 0 Å². The highest BCUT2D eigenvalue weighted by atomic mass is 15.3. The Morgan fingerprint density at radius 2 is 2.06 bits per heavy atom. The van der Waals surface area contributed by atoms with E-state index in [4.69, 9.17) is 5.26 Å². The van der Waals surface area contributed by atoms with Crippen molar-refractivity contribution in [2.45, 2.75) is 13.0 Å². The van der Waals surface area contributed by atoms with Crippen LogP contribution in [0.3, 0.4) is 0 Å². The zero-order valence-corrected chi connectivity index (χ0v) is 9.50. The van der Waals surface area contributed by atoms with Crippen LogP contribution < -0.4 is 4.90 Å². The molecule has 2 rings (SSSR count). The van der Waals surface area contributed by atoms with Crippen LogP contribution in [0.2, 0.25) is 0 Å². The maximum absolute atomic E-state index is 8.85. The Morgan fingerprint density at radius 1 is 1.31 bits per heavy atom. The summed E-state index contributed by atoms with van der Waals surface area (Å²) in [6.45, 7) is 5.72. The monoisotopic (exact) mass is 216 g/mol. The van der Waals surface area contributed by atoms with Crippen molar-refractivity contribution in [3.63, 3.8) is 0 Å². The number of rotatable bonds is 2. The third-order valence-corrected chi connectivity index (χ3v) is 3.02. The maximum Gasteiger partial charge on any atom is 0.128 e. The van der Waals surface area contributed by atoms with E-state index >= 15 is 0 Å². The smallest absolute Gasteiger partial charge is 0.128 e. The third kappa shape index (κ3) is 2.31. The molecule has 1 saturated heterocycles. The van der Waals surface area contributed by atoms with Crippen LogP contribution in [0.15, 0.2) is 24.4 Å². The van der Waals surface area contributed by atoms with E-state index in [2.05, 4.69) is 20.9 Å². The van der Waals surface area contributed by atoms with E-state index in [1.807, 2.05) is 31.3 Å². The van der Waals surface area contributed by atoms with Crippen molar-refractivity contribution in [3.05, 3.63) is 24.4 Å². The number of piperazine rings is 1. The zero-order valence-electron chi connectivity index (χ0n) is 9.50. The Labute approximate surface area is 96.1 Å². The van der Waals surface area contributed by atoms with Gasteiger partial charge in [-0.15, -0.1) is 0 Å². The molecule has 4 nitrogen and oxygen atoms in total. The average Bonchev–Trinajstić information content (AvgIpc) is 2.39. The molecule has 2 heterocycles. The standard InChI is InChI=1S/C12H16N4/c1-11(10-13)15-6-8-16(9-7-15)12-4-2-3-5-14-12/h2-5,11H,6-9H2,1H3. The summed E-state index contributed by atoms with van der Waals surface area (Å²) in [7, 11) is 0. The first-order valence-corrected chi connectivity index (χ1v) is 5.61. The highest BCUT2D eigenvalue weighted by Gasteiger charge is 2.21. The Hall–Kier alpha value is -1.60. The number of nitrogens with zero attached hydrogens (tertiary/aromatic N) is 4. The lowest BCUT2D eigenvalue weighted by molar-refractivity contribution is 0.231. The normalized spacial score (nSPS) is 19.1. The second-order valence-electron chi connectivity index (χ2n) is 4.02. The van der Waals surface area contributed by atoms with Crippen LogP contribution in [0.25, 0.3) is 0 Å². The number of nitriles is 1. The maximum atomic E-state index is 8.85. The summed E-state index contributed by atoms with van der Waals surface area (Å²) in [4.78, 5) is 8.81. The van der Waals surface area contributed by atoms with Crippen LogP contribution >= 0.6 is 0 Å². The molecule has 1 aromatic rings. The minimum atomic E-state index is 0.0193. The van der Waals surface area contributed by atoms with Gasteiger partial charge in [-0.2, -0.15) is 5.26 Å². The van der Waals surface area contributed by atoms with Gasteiger partial charge in [0.1, 0.15) is 5.82 Å². The van der Waals surface area contributed by atoms with Gasteiger partial charge in [0.15, 0.2) is 0 Å². The molecular weight excluding hydrogens is 200 g/mol. The molecule has 16 heavy (non-hydrogen) atoms. The van der Waals surface area contributed by atoms with Gasteiger partial charge in [0, 0.05) is 32.4 Å². The molecule has 1 unspecified atom stereocenters. The van der Waals surface area contributed by atoms with Gasteiger partial charge in [-0.1, -0.05) is 6.07 Å². The van der Waals surface area contributed by atoms with E-state index in [0.29, 0.717) is 0 Å². The fraction of sp³-hybridized carbons (Fsp3) is 0.500. The second-order valence-corrected chi connectivity index (χ2v) is 4.02. The Morgan fingerprint density at radius 3 is 2.62 bits per heavy atom. The van der Waals surface area contributed by atoms with Gasteiger partial charge in [0.2, 0.25) is 0 Å². The molecular formula is C12H16N4. The molecule has 1 aliphatic heterocycles. The zero-order chi connectivity index (χ0) is 11.4. The summed E-state index contributed by atoms with van der Waals surface area (Å²) in [5.74, 6) is 1.03. The topological polar surface area (TPSA) is 43.2 Å². The van der Waals surface area contributed by atoms with Crippen molar-refractivity contribution in [1.82, 2.24) is 9.88 Å². The van der Waals surface area contributed by atoms with E-state index in [9.17, 15) is 0 Å². The fourth-order valence-corrected chi connectivity index (χ4v) is 1.96. The van der Waals surface area contributed by atoms with Gasteiger partial charge < -0.3 is 4.90 Å². The second kappa shape index (κ2) is 4.95. The minimum Gasteiger partial charge on any atom is -0.354 e. The molecule has 1 aromatic heterocycles. The van der Waals surface area contributed by atoms with Gasteiger partial charge in [0.05, 0.1) is 12.1 Å². The van der Waals surface area contributed by atoms with Crippen molar-refractivity contribution in [2.24, 2.45) is 0 Å². The molecule has 84 valence electrons. The predicted octanol–water partition coefficient (Wildman–Crippen LogP) is 1.12. The largest absolute Gasteiger partial charge is 0.354 e. The van der Waals surface area contributed by atoms with Gasteiger partial charge in [-0.05, 0) is 19.1 Å². The molecule has 0 amide bonds. The third-order valence-electron chi connectivity index (χ3n) is 3.02. The summed E-state index contributed by atoms with van der Waals surface area (Å²) in [5, 5.41) is 8.85. The van der Waals surface area contributed by atoms with Gasteiger partial charge in [-0.25, -0.2) is 4.98 Å². The summed E-state index contributed by atoms with van der Waals surface area (Å²) in [5.41, 5.74) is 0. The van der Waals surface area contributed by atoms with Crippen LogP contribution in [0.4, 0.5) is 5.82 Å². The van der Waals surface area contributed by atoms with Crippen molar-refractivity contribution >= 4 is 5.82 Å². The SMILES string of the molecule is CC(C#N)N1CCN(c2ccccn2)CC1. The van der Waals surface area contributed by atoms with Crippen LogP contribution in [-0.2, 0) is 0 Å². The molecule has 1 aliphatic rings. The van der Waals surface area contributed by atoms with Crippen molar-refractivity contribution in [1.29, 1.82) is 5.26 Å². The number of anilines is 1. The summed E-state index contributed by atoms with van der Waals surface area (Å²) in [6.07, 6.45) is 1.82. The lowest BCUT2D eigenvalue weighted by Crippen LogP contribution is -2.49. The number of pyridine rings is 1. The Balaban J connectivity index is 1.94. The van der Waals surface area contributed by atoms with Crippen LogP contribution in [0.5, 0.6) is 0 Å². The molecule has 0 radical (unpaired) electrons. The molecule has 0 bridgehead atoms. The van der Waals surface area contributed by atoms with Crippen LogP contribution in [0.1, 0.15) is 6.92 Å². The predicted molar refractivity (Wildman–Crippen MR) is 63.1 cm³/mol. The molecule has 1 atom stereocenters. The van der Waals surface area contributed by atoms with Crippen LogP contribution in [0, 0.1) is 11.3 Å². The van der Waals surface area contributed by atoms with Gasteiger partial charge in [0.25, 0.3) is 0 Å². The van der Waals surface area contributed by atoms with Gasteiger partial charge in [-0.3, -0.25) is 4.90 Å². The fourth-order valence-electron chi connectivity index (χ4n) is 1.96. The van der Waals surface area contributed by atoms with Crippen molar-refractivity contribution in [2.75, 3.05) is 31.1 Å². The van der Waals surface area contributed by atoms with Crippen LogP contribution in [-0.4, -0.2) is 42.1 Å². The lowest BCUT2D eigenvalue weighted by Gasteiger charge is -2.36. The summed E-state index contributed by atoms with van der Waals surface area (Å²) in [6, 6.07) is 8.27. The molecule has 1 fully saturated rings. The first kappa shape index (κ1) is 10.9. The first-order valence-electron chi connectivity index (χ1n) is 5.61. The highest BCUT2D eigenvalue weighted by molar-refractivity contribution is 5.38. The highest BCUT2D eigenvalue weighted by Crippen LogP contribution is 2.13. The molecule has 4 heteroatoms. The molecule has 0 spiro atoms. The molecule has 0 aliphatic carbocycles. The number of aromatic nitrogens is 1. The van der Waals surface area contributed by atoms with E-state index in [-0.39, 0.29) is 6.04 Å². The van der Waals surface area contributed by atoms with Crippen molar-refractivity contribution in [3.8, 4) is 6.07 Å². The van der Waals surface area contributed by atoms with E-state index in [0.717, 1.165) is 32.0 Å². The minimum absolute atomic E-state index is 0.0193. The molecule has 0 N–H and O–H groups in total. The van der Waals surface area contributed by atoms with E-state index in [1.165, 1.54) is 0 Å². The number of hydrogen-bond donors (Lipinski definition) is 0. The Kier molecular flexibility index (Phi) is 3.37. The summed E-state index contributed by atoms with van der Waals surface area (Å²) >= 11 is 0. The average molecular weight is 216 g/mol. The quantitative estimate of drug-likeness (QED) is 0.743. The van der Waals surface area contributed by atoms with E-state index in [1.54, 1.807) is 0 Å². The summed E-state index contributed by atoms with van der Waals surface area (Å²) < 4.78 is 0. The first-order chi connectivity index (χ1) is 7.81.